The normalized spacial score (nSPS) is 11.2. The number of aromatic nitrogens is 1. The molecule has 0 aliphatic rings. The minimum atomic E-state index is -0.442. The number of carbonyl (C=O) groups is 2. The van der Waals surface area contributed by atoms with Gasteiger partial charge in [0.15, 0.2) is 0 Å². The van der Waals surface area contributed by atoms with E-state index in [4.69, 9.17) is 9.47 Å². The van der Waals surface area contributed by atoms with E-state index in [0.29, 0.717) is 22.6 Å². The fraction of sp³-hybridized carbons (Fsp3) is 0.139. The van der Waals surface area contributed by atoms with Gasteiger partial charge in [0.05, 0.1) is 24.0 Å². The number of methoxy groups -OCH3 is 1. The summed E-state index contributed by atoms with van der Waals surface area (Å²) >= 11 is 1.34. The van der Waals surface area contributed by atoms with Crippen molar-refractivity contribution < 1.29 is 24.0 Å². The lowest BCUT2D eigenvalue weighted by Crippen LogP contribution is -2.33. The number of nitrogens with one attached hydrogen (secondary N) is 2. The van der Waals surface area contributed by atoms with Crippen LogP contribution in [-0.2, 0) is 16.2 Å². The van der Waals surface area contributed by atoms with Crippen molar-refractivity contribution in [1.82, 2.24) is 15.6 Å². The average Bonchev–Trinajstić information content (AvgIpc) is 3.09. The lowest BCUT2D eigenvalue weighted by atomic mass is 9.99. The fourth-order valence-corrected chi connectivity index (χ4v) is 5.84. The van der Waals surface area contributed by atoms with Crippen molar-refractivity contribution in [3.05, 3.63) is 130 Å². The number of pyridine rings is 1. The first kappa shape index (κ1) is 32.7. The number of hydrogen-bond donors (Lipinski definition) is 2. The first-order chi connectivity index (χ1) is 22.7. The van der Waals surface area contributed by atoms with E-state index in [1.165, 1.54) is 30.9 Å². The number of aryl methyl sites for hydroxylation is 1. The van der Waals surface area contributed by atoms with E-state index >= 15 is 0 Å². The number of nitro groups is 1. The zero-order chi connectivity index (χ0) is 33.3. The molecule has 2 amide bonds. The molecule has 1 aromatic heterocycles. The smallest absolute Gasteiger partial charge is 0.269 e. The van der Waals surface area contributed by atoms with Crippen LogP contribution in [0.15, 0.2) is 108 Å². The molecule has 0 unspecified atom stereocenters. The number of ether oxygens (including phenoxy) is 2. The van der Waals surface area contributed by atoms with Gasteiger partial charge >= 0.3 is 0 Å². The second-order valence-corrected chi connectivity index (χ2v) is 11.5. The molecule has 238 valence electrons. The van der Waals surface area contributed by atoms with Crippen molar-refractivity contribution in [2.24, 2.45) is 0 Å². The van der Waals surface area contributed by atoms with Crippen molar-refractivity contribution in [3.63, 3.8) is 0 Å². The zero-order valence-corrected chi connectivity index (χ0v) is 26.8. The highest BCUT2D eigenvalue weighted by Gasteiger charge is 2.17. The van der Waals surface area contributed by atoms with E-state index in [1.807, 2.05) is 61.5 Å². The van der Waals surface area contributed by atoms with Crippen LogP contribution in [0.5, 0.6) is 11.5 Å². The van der Waals surface area contributed by atoms with Crippen LogP contribution in [0.2, 0.25) is 0 Å². The maximum Gasteiger partial charge on any atom is 0.269 e. The summed E-state index contributed by atoms with van der Waals surface area (Å²) in [5, 5.41) is 18.5. The van der Waals surface area contributed by atoms with Gasteiger partial charge in [-0.25, -0.2) is 0 Å². The Bertz CT molecular complexity index is 1990. The highest BCUT2D eigenvalue weighted by atomic mass is 32.2. The molecule has 5 rings (SSSR count). The fourth-order valence-electron chi connectivity index (χ4n) is 4.95. The second kappa shape index (κ2) is 15.1. The summed E-state index contributed by atoms with van der Waals surface area (Å²) in [7, 11) is 3.08. The van der Waals surface area contributed by atoms with Gasteiger partial charge in [0.1, 0.15) is 23.8 Å². The molecule has 0 saturated heterocycles. The van der Waals surface area contributed by atoms with Gasteiger partial charge in [-0.1, -0.05) is 54.6 Å². The minimum Gasteiger partial charge on any atom is -0.496 e. The van der Waals surface area contributed by atoms with E-state index in [2.05, 4.69) is 15.6 Å². The van der Waals surface area contributed by atoms with Gasteiger partial charge in [0.25, 0.3) is 11.6 Å². The number of thioether (sulfide) groups is 1. The quantitative estimate of drug-likeness (QED) is 0.0661. The van der Waals surface area contributed by atoms with Crippen molar-refractivity contribution in [2.45, 2.75) is 18.4 Å². The highest BCUT2D eigenvalue weighted by Crippen LogP contribution is 2.38. The predicted octanol–water partition coefficient (Wildman–Crippen LogP) is 6.70. The molecule has 0 atom stereocenters. The summed E-state index contributed by atoms with van der Waals surface area (Å²) < 4.78 is 11.4. The Hall–Kier alpha value is -5.68. The molecule has 0 spiro atoms. The molecule has 0 bridgehead atoms. The SMILES string of the molecule is CNC(=O)/C(=C\c1ccc(C)c(OC)c1)NC(=O)CSc1ccc2ccccc2c1-c1cncc(OCc2cccc([N+](=O)[O-])c2)c1. The summed E-state index contributed by atoms with van der Waals surface area (Å²) in [5.74, 6) is 0.419. The number of benzene rings is 4. The molecule has 10 nitrogen and oxygen atoms in total. The van der Waals surface area contributed by atoms with E-state index in [-0.39, 0.29) is 29.7 Å². The zero-order valence-electron chi connectivity index (χ0n) is 26.0. The molecular weight excluding hydrogens is 616 g/mol. The molecule has 5 aromatic rings. The molecule has 4 aromatic carbocycles. The Morgan fingerprint density at radius 1 is 1.00 bits per heavy atom. The lowest BCUT2D eigenvalue weighted by Gasteiger charge is -2.15. The first-order valence-electron chi connectivity index (χ1n) is 14.6. The Kier molecular flexibility index (Phi) is 10.5. The predicted molar refractivity (Wildman–Crippen MR) is 183 cm³/mol. The number of rotatable bonds is 12. The van der Waals surface area contributed by atoms with Gasteiger partial charge in [0.2, 0.25) is 5.91 Å². The van der Waals surface area contributed by atoms with Gasteiger partial charge in [-0.15, -0.1) is 11.8 Å². The van der Waals surface area contributed by atoms with Crippen molar-refractivity contribution in [2.75, 3.05) is 19.9 Å². The van der Waals surface area contributed by atoms with Crippen LogP contribution in [-0.4, -0.2) is 41.6 Å². The molecule has 0 saturated carbocycles. The molecule has 1 heterocycles. The van der Waals surface area contributed by atoms with Gasteiger partial charge in [-0.2, -0.15) is 0 Å². The van der Waals surface area contributed by atoms with Gasteiger partial charge < -0.3 is 20.1 Å². The largest absolute Gasteiger partial charge is 0.496 e. The van der Waals surface area contributed by atoms with Crippen LogP contribution in [0.4, 0.5) is 5.69 Å². The van der Waals surface area contributed by atoms with Crippen LogP contribution >= 0.6 is 11.8 Å². The monoisotopic (exact) mass is 648 g/mol. The molecule has 0 aliphatic carbocycles. The molecular formula is C36H32N4O6S. The van der Waals surface area contributed by atoms with Crippen molar-refractivity contribution in [3.8, 4) is 22.6 Å². The standard InChI is InChI=1S/C36H32N4O6S/c1-23-11-12-24(17-32(23)45-3)16-31(36(42)37-2)39-34(41)22-47-33-14-13-26-8-4-5-10-30(26)35(33)27-18-29(20-38-19-27)46-21-25-7-6-9-28(15-25)40(43)44/h4-20H,21-22H2,1-3H3,(H,37,42)(H,39,41)/b31-16+. The summed E-state index contributed by atoms with van der Waals surface area (Å²) in [6.07, 6.45) is 4.92. The number of hydrogen-bond acceptors (Lipinski definition) is 8. The van der Waals surface area contributed by atoms with E-state index in [0.717, 1.165) is 32.4 Å². The molecule has 0 aliphatic heterocycles. The third-order valence-electron chi connectivity index (χ3n) is 7.27. The first-order valence-corrected chi connectivity index (χ1v) is 15.6. The highest BCUT2D eigenvalue weighted by molar-refractivity contribution is 8.00. The maximum atomic E-state index is 13.2. The summed E-state index contributed by atoms with van der Waals surface area (Å²) in [5.41, 5.74) is 4.07. The lowest BCUT2D eigenvalue weighted by molar-refractivity contribution is -0.384. The number of likely N-dealkylation sites (N-methyl/N-ethyl adjacent to an activating group) is 1. The van der Waals surface area contributed by atoms with Gasteiger partial charge in [-0.05, 0) is 58.7 Å². The maximum absolute atomic E-state index is 13.2. The number of carbonyl (C=O) groups excluding carboxylic acids is 2. The van der Waals surface area contributed by atoms with Crippen LogP contribution in [0.25, 0.3) is 28.0 Å². The third-order valence-corrected chi connectivity index (χ3v) is 8.32. The van der Waals surface area contributed by atoms with Crippen LogP contribution in [0.1, 0.15) is 16.7 Å². The van der Waals surface area contributed by atoms with Crippen molar-refractivity contribution >= 4 is 46.1 Å². The number of nitro benzene ring substituents is 1. The van der Waals surface area contributed by atoms with Crippen LogP contribution in [0, 0.1) is 17.0 Å². The number of nitrogens with zero attached hydrogens (tertiary/aromatic N) is 2. The molecule has 2 N–H and O–H groups in total. The van der Waals surface area contributed by atoms with Crippen LogP contribution < -0.4 is 20.1 Å². The Morgan fingerprint density at radius 3 is 2.62 bits per heavy atom. The van der Waals surface area contributed by atoms with Crippen molar-refractivity contribution in [1.29, 1.82) is 0 Å². The molecule has 11 heteroatoms. The third kappa shape index (κ3) is 8.13. The Balaban J connectivity index is 1.38. The average molecular weight is 649 g/mol. The second-order valence-electron chi connectivity index (χ2n) is 10.5. The number of non-ortho nitro benzene ring substituents is 1. The van der Waals surface area contributed by atoms with Gasteiger partial charge in [-0.3, -0.25) is 24.7 Å². The summed E-state index contributed by atoms with van der Waals surface area (Å²) in [6.45, 7) is 2.05. The Morgan fingerprint density at radius 2 is 1.83 bits per heavy atom. The molecule has 47 heavy (non-hydrogen) atoms. The topological polar surface area (TPSA) is 133 Å². The van der Waals surface area contributed by atoms with E-state index < -0.39 is 10.8 Å². The Labute approximate surface area is 276 Å². The molecule has 0 fully saturated rings. The number of amides is 2. The summed E-state index contributed by atoms with van der Waals surface area (Å²) in [6, 6.07) is 25.6. The number of fused-ring (bicyclic) bond motifs is 1. The summed E-state index contributed by atoms with van der Waals surface area (Å²) in [4.78, 5) is 41.9. The van der Waals surface area contributed by atoms with Gasteiger partial charge in [0, 0.05) is 41.4 Å². The van der Waals surface area contributed by atoms with Crippen LogP contribution in [0.3, 0.4) is 0 Å². The minimum absolute atomic E-state index is 0.00671. The van der Waals surface area contributed by atoms with E-state index in [1.54, 1.807) is 43.8 Å². The van der Waals surface area contributed by atoms with E-state index in [9.17, 15) is 19.7 Å². The molecule has 0 radical (unpaired) electrons.